The zero-order chi connectivity index (χ0) is 17.5. The van der Waals surface area contributed by atoms with E-state index in [2.05, 4.69) is 33.1 Å². The number of carbonyl (C=O) groups excluding carboxylic acids is 1. The minimum Gasteiger partial charge on any atom is -0.353 e. The van der Waals surface area contributed by atoms with Gasteiger partial charge >= 0.3 is 0 Å². The maximum Gasteiger partial charge on any atom is 0.230 e. The Morgan fingerprint density at radius 1 is 1.28 bits per heavy atom. The molecule has 5 nitrogen and oxygen atoms in total. The van der Waals surface area contributed by atoms with Crippen LogP contribution < -0.4 is 5.32 Å². The van der Waals surface area contributed by atoms with Crippen molar-refractivity contribution in [2.45, 2.75) is 69.6 Å². The molecule has 1 fully saturated rings. The molecule has 7 heteroatoms. The van der Waals surface area contributed by atoms with E-state index in [1.165, 1.54) is 43.9 Å². The average Bonchev–Trinajstić information content (AvgIpc) is 3.23. The lowest BCUT2D eigenvalue weighted by atomic mass is 9.97. The summed E-state index contributed by atoms with van der Waals surface area (Å²) in [5, 5.41) is 14.7. The molecule has 0 saturated heterocycles. The molecular weight excluding hydrogens is 352 g/mol. The van der Waals surface area contributed by atoms with Gasteiger partial charge in [-0.1, -0.05) is 49.9 Å². The van der Waals surface area contributed by atoms with Crippen LogP contribution in [0.5, 0.6) is 0 Å². The Morgan fingerprint density at radius 3 is 2.72 bits per heavy atom. The van der Waals surface area contributed by atoms with E-state index in [-0.39, 0.29) is 5.91 Å². The molecule has 1 N–H and O–H groups in total. The van der Waals surface area contributed by atoms with Crippen molar-refractivity contribution in [3.8, 4) is 10.7 Å². The van der Waals surface area contributed by atoms with E-state index in [1.54, 1.807) is 11.3 Å². The molecule has 0 spiro atoms. The minimum absolute atomic E-state index is 0.110. The molecule has 1 amide bonds. The van der Waals surface area contributed by atoms with Crippen LogP contribution >= 0.6 is 23.1 Å². The van der Waals surface area contributed by atoms with Crippen molar-refractivity contribution < 1.29 is 4.79 Å². The number of amides is 1. The second-order valence-electron chi connectivity index (χ2n) is 6.43. The molecule has 2 aromatic rings. The lowest BCUT2D eigenvalue weighted by Crippen LogP contribution is -2.36. The zero-order valence-corrected chi connectivity index (χ0v) is 16.4. The van der Waals surface area contributed by atoms with Crippen LogP contribution in [0, 0.1) is 0 Å². The lowest BCUT2D eigenvalue weighted by molar-refractivity contribution is -0.119. The number of thioether (sulfide) groups is 1. The highest BCUT2D eigenvalue weighted by Gasteiger charge is 2.17. The summed E-state index contributed by atoms with van der Waals surface area (Å²) in [6.45, 7) is 2.88. The fourth-order valence-corrected chi connectivity index (χ4v) is 4.80. The van der Waals surface area contributed by atoms with Gasteiger partial charge < -0.3 is 9.88 Å². The summed E-state index contributed by atoms with van der Waals surface area (Å²) in [6, 6.07) is 4.42. The second kappa shape index (κ2) is 9.38. The van der Waals surface area contributed by atoms with Crippen LogP contribution in [-0.4, -0.2) is 32.5 Å². The molecule has 25 heavy (non-hydrogen) atoms. The molecule has 3 rings (SSSR count). The van der Waals surface area contributed by atoms with Crippen molar-refractivity contribution in [3.05, 3.63) is 17.5 Å². The van der Waals surface area contributed by atoms with Crippen molar-refractivity contribution in [3.63, 3.8) is 0 Å². The molecule has 1 saturated carbocycles. The summed E-state index contributed by atoms with van der Waals surface area (Å²) in [4.78, 5) is 13.4. The number of rotatable bonds is 6. The van der Waals surface area contributed by atoms with Gasteiger partial charge in [0.1, 0.15) is 0 Å². The van der Waals surface area contributed by atoms with E-state index >= 15 is 0 Å². The summed E-state index contributed by atoms with van der Waals surface area (Å²) in [5.74, 6) is 1.40. The molecule has 1 aliphatic carbocycles. The van der Waals surface area contributed by atoms with Gasteiger partial charge in [0.05, 0.1) is 10.6 Å². The minimum atomic E-state index is 0.110. The fraction of sp³-hybridized carbons (Fsp3) is 0.611. The van der Waals surface area contributed by atoms with E-state index in [9.17, 15) is 4.79 Å². The first-order valence-electron chi connectivity index (χ1n) is 9.17. The molecule has 0 radical (unpaired) electrons. The van der Waals surface area contributed by atoms with E-state index in [0.29, 0.717) is 11.8 Å². The van der Waals surface area contributed by atoms with Crippen molar-refractivity contribution in [1.29, 1.82) is 0 Å². The van der Waals surface area contributed by atoms with E-state index < -0.39 is 0 Å². The van der Waals surface area contributed by atoms with Crippen LogP contribution in [0.15, 0.2) is 22.7 Å². The maximum atomic E-state index is 12.3. The van der Waals surface area contributed by atoms with Crippen molar-refractivity contribution >= 4 is 29.0 Å². The van der Waals surface area contributed by atoms with Gasteiger partial charge in [0.2, 0.25) is 5.91 Å². The van der Waals surface area contributed by atoms with Gasteiger partial charge in [-0.2, -0.15) is 0 Å². The molecule has 2 aromatic heterocycles. The smallest absolute Gasteiger partial charge is 0.230 e. The molecule has 0 aromatic carbocycles. The molecule has 0 atom stereocenters. The Hall–Kier alpha value is -1.34. The van der Waals surface area contributed by atoms with Gasteiger partial charge in [-0.15, -0.1) is 21.5 Å². The van der Waals surface area contributed by atoms with Crippen LogP contribution in [0.25, 0.3) is 10.7 Å². The standard InChI is InChI=1S/C18H26N4OS2/c1-2-22-17(15-11-8-12-24-15)20-21-18(22)25-13-16(23)19-14-9-6-4-3-5-7-10-14/h8,11-12,14H,2-7,9-10,13H2,1H3,(H,19,23). The number of nitrogens with zero attached hydrogens (tertiary/aromatic N) is 3. The predicted molar refractivity (Wildman–Crippen MR) is 104 cm³/mol. The highest BCUT2D eigenvalue weighted by atomic mass is 32.2. The first-order valence-corrected chi connectivity index (χ1v) is 11.0. The second-order valence-corrected chi connectivity index (χ2v) is 8.32. The Morgan fingerprint density at radius 2 is 2.04 bits per heavy atom. The SMILES string of the molecule is CCn1c(SCC(=O)NC2CCCCCCC2)nnc1-c1cccs1. The molecule has 0 bridgehead atoms. The Labute approximate surface area is 157 Å². The summed E-state index contributed by atoms with van der Waals surface area (Å²) in [6.07, 6.45) is 8.63. The van der Waals surface area contributed by atoms with Crippen molar-refractivity contribution in [1.82, 2.24) is 20.1 Å². The Balaban J connectivity index is 1.55. The van der Waals surface area contributed by atoms with Gasteiger partial charge in [-0.25, -0.2) is 0 Å². The zero-order valence-electron chi connectivity index (χ0n) is 14.7. The molecule has 2 heterocycles. The largest absolute Gasteiger partial charge is 0.353 e. The molecule has 136 valence electrons. The highest BCUT2D eigenvalue weighted by Crippen LogP contribution is 2.27. The fourth-order valence-electron chi connectivity index (χ4n) is 3.27. The van der Waals surface area contributed by atoms with Crippen molar-refractivity contribution in [2.75, 3.05) is 5.75 Å². The lowest BCUT2D eigenvalue weighted by Gasteiger charge is -2.20. The van der Waals surface area contributed by atoms with Crippen LogP contribution in [-0.2, 0) is 11.3 Å². The normalized spacial score (nSPS) is 16.4. The van der Waals surface area contributed by atoms with Crippen LogP contribution in [0.2, 0.25) is 0 Å². The summed E-state index contributed by atoms with van der Waals surface area (Å²) in [5.41, 5.74) is 0. The summed E-state index contributed by atoms with van der Waals surface area (Å²) in [7, 11) is 0. The van der Waals surface area contributed by atoms with Gasteiger partial charge in [0.15, 0.2) is 11.0 Å². The predicted octanol–water partition coefficient (Wildman–Crippen LogP) is 4.35. The molecule has 0 unspecified atom stereocenters. The Bertz CT molecular complexity index is 661. The van der Waals surface area contributed by atoms with Gasteiger partial charge in [0.25, 0.3) is 0 Å². The molecule has 0 aliphatic heterocycles. The number of hydrogen-bond donors (Lipinski definition) is 1. The van der Waals surface area contributed by atoms with E-state index in [1.807, 2.05) is 11.4 Å². The monoisotopic (exact) mass is 378 g/mol. The number of thiophene rings is 1. The third-order valence-corrected chi connectivity index (χ3v) is 6.41. The average molecular weight is 379 g/mol. The van der Waals surface area contributed by atoms with Crippen molar-refractivity contribution in [2.24, 2.45) is 0 Å². The van der Waals surface area contributed by atoms with Gasteiger partial charge in [-0.05, 0) is 31.2 Å². The number of carbonyl (C=O) groups is 1. The third kappa shape index (κ3) is 5.07. The number of aromatic nitrogens is 3. The highest BCUT2D eigenvalue weighted by molar-refractivity contribution is 7.99. The van der Waals surface area contributed by atoms with Gasteiger partial charge in [0, 0.05) is 12.6 Å². The summed E-state index contributed by atoms with van der Waals surface area (Å²) >= 11 is 3.14. The first-order chi connectivity index (χ1) is 12.3. The molecular formula is C18H26N4OS2. The van der Waals surface area contributed by atoms with Crippen LogP contribution in [0.1, 0.15) is 51.9 Å². The quantitative estimate of drug-likeness (QED) is 0.759. The van der Waals surface area contributed by atoms with E-state index in [0.717, 1.165) is 35.2 Å². The maximum absolute atomic E-state index is 12.3. The van der Waals surface area contributed by atoms with Crippen LogP contribution in [0.4, 0.5) is 0 Å². The third-order valence-electron chi connectivity index (χ3n) is 4.58. The number of hydrogen-bond acceptors (Lipinski definition) is 5. The topological polar surface area (TPSA) is 59.8 Å². The number of nitrogens with one attached hydrogen (secondary N) is 1. The van der Waals surface area contributed by atoms with Gasteiger partial charge in [-0.3, -0.25) is 4.79 Å². The molecule has 1 aliphatic rings. The summed E-state index contributed by atoms with van der Waals surface area (Å²) < 4.78 is 2.08. The van der Waals surface area contributed by atoms with Crippen LogP contribution in [0.3, 0.4) is 0 Å². The first kappa shape index (κ1) is 18.5. The van der Waals surface area contributed by atoms with E-state index in [4.69, 9.17) is 0 Å². The Kier molecular flexibility index (Phi) is 6.93.